The minimum Gasteiger partial charge on any atom is -0.468 e. The van der Waals surface area contributed by atoms with Crippen molar-refractivity contribution in [3.63, 3.8) is 0 Å². The Morgan fingerprint density at radius 3 is 2.42 bits per heavy atom. The highest BCUT2D eigenvalue weighted by atomic mass is 19.4. The molecule has 1 N–H and O–H groups in total. The maximum Gasteiger partial charge on any atom is 0.433 e. The molecule has 106 valence electrons. The van der Waals surface area contributed by atoms with Gasteiger partial charge in [0.25, 0.3) is 0 Å². The van der Waals surface area contributed by atoms with Crippen molar-refractivity contribution in [3.05, 3.63) is 29.6 Å². The van der Waals surface area contributed by atoms with Crippen molar-refractivity contribution in [2.45, 2.75) is 32.1 Å². The van der Waals surface area contributed by atoms with Crippen LogP contribution in [0.3, 0.4) is 0 Å². The number of hydrogen-bond donors (Lipinski definition) is 1. The zero-order valence-electron chi connectivity index (χ0n) is 10.8. The molecule has 0 amide bonds. The summed E-state index contributed by atoms with van der Waals surface area (Å²) < 4.78 is 41.5. The number of nitrogens with zero attached hydrogens (tertiary/aromatic N) is 1. The number of carbonyl (C=O) groups excluding carboxylic acids is 1. The summed E-state index contributed by atoms with van der Waals surface area (Å²) in [7, 11) is 1.27. The second-order valence-corrected chi connectivity index (χ2v) is 4.52. The molecule has 0 aromatic carbocycles. The molecule has 0 atom stereocenters. The zero-order valence-corrected chi connectivity index (χ0v) is 10.8. The minimum atomic E-state index is -4.45. The Morgan fingerprint density at radius 2 is 2.00 bits per heavy atom. The number of rotatable bonds is 4. The number of carbonyl (C=O) groups is 1. The van der Waals surface area contributed by atoms with Crippen molar-refractivity contribution < 1.29 is 22.7 Å². The number of alkyl halides is 3. The van der Waals surface area contributed by atoms with E-state index in [-0.39, 0.29) is 6.54 Å². The van der Waals surface area contributed by atoms with Gasteiger partial charge in [-0.25, -0.2) is 0 Å². The highest BCUT2D eigenvalue weighted by molar-refractivity contribution is 5.79. The molecule has 19 heavy (non-hydrogen) atoms. The molecule has 0 aliphatic rings. The molecule has 1 aromatic rings. The predicted molar refractivity (Wildman–Crippen MR) is 62.2 cm³/mol. The maximum atomic E-state index is 12.3. The van der Waals surface area contributed by atoms with Crippen molar-refractivity contribution in [2.24, 2.45) is 0 Å². The van der Waals surface area contributed by atoms with E-state index in [0.29, 0.717) is 5.56 Å². The summed E-state index contributed by atoms with van der Waals surface area (Å²) >= 11 is 0. The number of hydrogen-bond acceptors (Lipinski definition) is 4. The Balaban J connectivity index is 2.67. The standard InChI is InChI=1S/C12H15F3N2O2/c1-11(2,10(18)19-3)17-7-8-4-5-9(16-6-8)12(13,14)15/h4-6,17H,7H2,1-3H3. The van der Waals surface area contributed by atoms with Gasteiger partial charge in [0.05, 0.1) is 7.11 Å². The number of aromatic nitrogens is 1. The van der Waals surface area contributed by atoms with Crippen LogP contribution in [0.25, 0.3) is 0 Å². The lowest BCUT2D eigenvalue weighted by Crippen LogP contribution is -2.46. The molecule has 0 saturated carbocycles. The summed E-state index contributed by atoms with van der Waals surface area (Å²) in [4.78, 5) is 14.7. The molecular formula is C12H15F3N2O2. The van der Waals surface area contributed by atoms with Gasteiger partial charge in [-0.2, -0.15) is 13.2 Å². The Bertz CT molecular complexity index is 441. The summed E-state index contributed by atoms with van der Waals surface area (Å²) in [6.07, 6.45) is -3.32. The third-order valence-corrected chi connectivity index (χ3v) is 2.55. The molecule has 0 unspecified atom stereocenters. The van der Waals surface area contributed by atoms with Crippen molar-refractivity contribution >= 4 is 5.97 Å². The normalized spacial score (nSPS) is 12.3. The molecule has 0 aliphatic heterocycles. The largest absolute Gasteiger partial charge is 0.468 e. The van der Waals surface area contributed by atoms with Crippen LogP contribution < -0.4 is 5.32 Å². The fraction of sp³-hybridized carbons (Fsp3) is 0.500. The van der Waals surface area contributed by atoms with E-state index in [1.54, 1.807) is 13.8 Å². The molecule has 1 heterocycles. The highest BCUT2D eigenvalue weighted by Crippen LogP contribution is 2.27. The second-order valence-electron chi connectivity index (χ2n) is 4.52. The van der Waals surface area contributed by atoms with Crippen LogP contribution in [0.4, 0.5) is 13.2 Å². The molecule has 0 radical (unpaired) electrons. The fourth-order valence-electron chi connectivity index (χ4n) is 1.35. The number of nitrogens with one attached hydrogen (secondary N) is 1. The Labute approximate surface area is 109 Å². The Hall–Kier alpha value is -1.63. The van der Waals surface area contributed by atoms with Gasteiger partial charge in [0, 0.05) is 12.7 Å². The number of pyridine rings is 1. The SMILES string of the molecule is COC(=O)C(C)(C)NCc1ccc(C(F)(F)F)nc1. The van der Waals surface area contributed by atoms with E-state index < -0.39 is 23.4 Å². The Kier molecular flexibility index (Phi) is 4.52. The molecule has 7 heteroatoms. The first-order chi connectivity index (χ1) is 8.66. The van der Waals surface area contributed by atoms with Crippen molar-refractivity contribution in [1.29, 1.82) is 0 Å². The second kappa shape index (κ2) is 5.56. The minimum absolute atomic E-state index is 0.216. The van der Waals surface area contributed by atoms with Crippen molar-refractivity contribution in [1.82, 2.24) is 10.3 Å². The average molecular weight is 276 g/mol. The van der Waals surface area contributed by atoms with E-state index in [2.05, 4.69) is 15.0 Å². The predicted octanol–water partition coefficient (Wildman–Crippen LogP) is 2.14. The van der Waals surface area contributed by atoms with Gasteiger partial charge in [0.2, 0.25) is 0 Å². The van der Waals surface area contributed by atoms with Crippen molar-refractivity contribution in [2.75, 3.05) is 7.11 Å². The van der Waals surface area contributed by atoms with Gasteiger partial charge in [0.1, 0.15) is 11.2 Å². The third kappa shape index (κ3) is 4.20. The summed E-state index contributed by atoms with van der Waals surface area (Å²) in [5.74, 6) is -0.452. The summed E-state index contributed by atoms with van der Waals surface area (Å²) in [6, 6.07) is 2.22. The highest BCUT2D eigenvalue weighted by Gasteiger charge is 2.32. The first-order valence-corrected chi connectivity index (χ1v) is 5.52. The summed E-state index contributed by atoms with van der Waals surface area (Å²) in [5, 5.41) is 2.89. The zero-order chi connectivity index (χ0) is 14.7. The topological polar surface area (TPSA) is 51.2 Å². The van der Waals surface area contributed by atoms with E-state index >= 15 is 0 Å². The number of methoxy groups -OCH3 is 1. The van der Waals surface area contributed by atoms with Crippen LogP contribution in [-0.2, 0) is 22.3 Å². The maximum absolute atomic E-state index is 12.3. The molecule has 0 saturated heterocycles. The first-order valence-electron chi connectivity index (χ1n) is 5.52. The monoisotopic (exact) mass is 276 g/mol. The lowest BCUT2D eigenvalue weighted by molar-refractivity contribution is -0.147. The van der Waals surface area contributed by atoms with Gasteiger partial charge in [0.15, 0.2) is 0 Å². The smallest absolute Gasteiger partial charge is 0.433 e. The van der Waals surface area contributed by atoms with Crippen LogP contribution in [0.1, 0.15) is 25.1 Å². The molecule has 4 nitrogen and oxygen atoms in total. The lowest BCUT2D eigenvalue weighted by atomic mass is 10.1. The lowest BCUT2D eigenvalue weighted by Gasteiger charge is -2.23. The average Bonchev–Trinajstić information content (AvgIpc) is 2.35. The van der Waals surface area contributed by atoms with E-state index in [4.69, 9.17) is 0 Å². The van der Waals surface area contributed by atoms with E-state index in [1.807, 2.05) is 0 Å². The molecule has 0 bridgehead atoms. The van der Waals surface area contributed by atoms with Crippen LogP contribution in [0.5, 0.6) is 0 Å². The van der Waals surface area contributed by atoms with Gasteiger partial charge in [-0.15, -0.1) is 0 Å². The first kappa shape index (κ1) is 15.4. The molecule has 1 aromatic heterocycles. The molecule has 0 spiro atoms. The van der Waals surface area contributed by atoms with E-state index in [0.717, 1.165) is 12.3 Å². The number of ether oxygens (including phenoxy) is 1. The molecule has 1 rings (SSSR count). The van der Waals surface area contributed by atoms with E-state index in [1.165, 1.54) is 13.2 Å². The van der Waals surface area contributed by atoms with Crippen molar-refractivity contribution in [3.8, 4) is 0 Å². The fourth-order valence-corrected chi connectivity index (χ4v) is 1.35. The molecule has 0 fully saturated rings. The number of esters is 1. The van der Waals surface area contributed by atoms with Crippen LogP contribution >= 0.6 is 0 Å². The van der Waals surface area contributed by atoms with Crippen LogP contribution in [-0.4, -0.2) is 23.6 Å². The van der Waals surface area contributed by atoms with E-state index in [9.17, 15) is 18.0 Å². The molecule has 0 aliphatic carbocycles. The van der Waals surface area contributed by atoms with Gasteiger partial charge in [-0.1, -0.05) is 6.07 Å². The van der Waals surface area contributed by atoms with Crippen LogP contribution in [0, 0.1) is 0 Å². The van der Waals surface area contributed by atoms with Crippen LogP contribution in [0.2, 0.25) is 0 Å². The van der Waals surface area contributed by atoms with Gasteiger partial charge in [-0.3, -0.25) is 15.1 Å². The summed E-state index contributed by atoms with van der Waals surface area (Å²) in [5.41, 5.74) is -1.31. The summed E-state index contributed by atoms with van der Waals surface area (Å²) in [6.45, 7) is 3.46. The van der Waals surface area contributed by atoms with Gasteiger partial charge in [-0.05, 0) is 25.5 Å². The molecular weight excluding hydrogens is 261 g/mol. The third-order valence-electron chi connectivity index (χ3n) is 2.55. The van der Waals surface area contributed by atoms with Crippen LogP contribution in [0.15, 0.2) is 18.3 Å². The quantitative estimate of drug-likeness (QED) is 0.856. The van der Waals surface area contributed by atoms with Gasteiger partial charge >= 0.3 is 12.1 Å². The Morgan fingerprint density at radius 1 is 1.37 bits per heavy atom. The van der Waals surface area contributed by atoms with Gasteiger partial charge < -0.3 is 4.74 Å². The number of halogens is 3.